The summed E-state index contributed by atoms with van der Waals surface area (Å²) in [6, 6.07) is 0.348. The van der Waals surface area contributed by atoms with E-state index in [-0.39, 0.29) is 11.5 Å². The average Bonchev–Trinajstić information content (AvgIpc) is 3.01. The smallest absolute Gasteiger partial charge is 0.269 e. The van der Waals surface area contributed by atoms with Crippen molar-refractivity contribution in [3.05, 3.63) is 0 Å². The number of carbonyl (C=O) groups is 1. The Balaban J connectivity index is 1.55. The number of hydrogen-bond donors (Lipinski definition) is 2. The lowest BCUT2D eigenvalue weighted by atomic mass is 9.89. The van der Waals surface area contributed by atoms with Crippen molar-refractivity contribution >= 4 is 11.6 Å². The molecule has 3 aliphatic rings. The van der Waals surface area contributed by atoms with E-state index in [1.807, 2.05) is 0 Å². The lowest BCUT2D eigenvalue weighted by Gasteiger charge is -2.30. The van der Waals surface area contributed by atoms with Gasteiger partial charge in [-0.05, 0) is 32.2 Å². The first-order valence-electron chi connectivity index (χ1n) is 7.04. The molecule has 2 aliphatic heterocycles. The van der Waals surface area contributed by atoms with Crippen molar-refractivity contribution in [2.75, 3.05) is 13.1 Å². The molecule has 2 N–H and O–H groups in total. The number of rotatable bonds is 2. The molecule has 0 aromatic carbocycles. The zero-order valence-electron chi connectivity index (χ0n) is 10.7. The molecule has 0 aromatic heterocycles. The van der Waals surface area contributed by atoms with Crippen molar-refractivity contribution in [2.24, 2.45) is 5.16 Å². The number of oxime groups is 1. The molecule has 0 radical (unpaired) electrons. The maximum Gasteiger partial charge on any atom is 0.269 e. The Morgan fingerprint density at radius 2 is 2.22 bits per heavy atom. The van der Waals surface area contributed by atoms with Gasteiger partial charge in [-0.15, -0.1) is 0 Å². The highest BCUT2D eigenvalue weighted by Crippen LogP contribution is 2.30. The van der Waals surface area contributed by atoms with Gasteiger partial charge in [0.2, 0.25) is 0 Å². The zero-order chi connectivity index (χ0) is 12.4. The van der Waals surface area contributed by atoms with Crippen LogP contribution in [-0.2, 0) is 9.63 Å². The second kappa shape index (κ2) is 4.88. The standard InChI is InChI=1S/C13H21N3O2/c17-12(15-10-4-1-2-5-10)11-8-13(18-16-11)6-3-7-14-9-13/h10,14H,1-9H2,(H,15,17)/t13-/m0/s1. The number of hydrogen-bond acceptors (Lipinski definition) is 4. The fourth-order valence-corrected chi connectivity index (χ4v) is 3.15. The lowest BCUT2D eigenvalue weighted by Crippen LogP contribution is -2.47. The largest absolute Gasteiger partial charge is 0.387 e. The maximum absolute atomic E-state index is 12.1. The minimum absolute atomic E-state index is 0.0238. The molecule has 2 heterocycles. The van der Waals surface area contributed by atoms with Gasteiger partial charge in [-0.25, -0.2) is 0 Å². The van der Waals surface area contributed by atoms with E-state index >= 15 is 0 Å². The van der Waals surface area contributed by atoms with E-state index in [9.17, 15) is 4.79 Å². The SMILES string of the molecule is O=C(NC1CCCC1)C1=NO[C@@]2(CCCNC2)C1. The van der Waals surface area contributed by atoms with E-state index in [0.29, 0.717) is 18.2 Å². The molecular weight excluding hydrogens is 230 g/mol. The van der Waals surface area contributed by atoms with E-state index in [4.69, 9.17) is 4.84 Å². The van der Waals surface area contributed by atoms with Gasteiger partial charge in [-0.1, -0.05) is 18.0 Å². The monoisotopic (exact) mass is 251 g/mol. The third kappa shape index (κ3) is 2.36. The van der Waals surface area contributed by atoms with Crippen LogP contribution in [0.5, 0.6) is 0 Å². The van der Waals surface area contributed by atoms with Crippen LogP contribution in [0.4, 0.5) is 0 Å². The van der Waals surface area contributed by atoms with Crippen molar-refractivity contribution in [3.8, 4) is 0 Å². The quantitative estimate of drug-likeness (QED) is 0.768. The maximum atomic E-state index is 12.1. The Labute approximate surface area is 107 Å². The van der Waals surface area contributed by atoms with Crippen molar-refractivity contribution in [3.63, 3.8) is 0 Å². The first-order valence-corrected chi connectivity index (χ1v) is 7.04. The van der Waals surface area contributed by atoms with E-state index in [1.165, 1.54) is 12.8 Å². The molecule has 1 aliphatic carbocycles. The first kappa shape index (κ1) is 12.0. The topological polar surface area (TPSA) is 62.7 Å². The third-order valence-corrected chi connectivity index (χ3v) is 4.22. The summed E-state index contributed by atoms with van der Waals surface area (Å²) in [7, 11) is 0. The van der Waals surface area contributed by atoms with Gasteiger partial charge < -0.3 is 15.5 Å². The Morgan fingerprint density at radius 1 is 1.39 bits per heavy atom. The van der Waals surface area contributed by atoms with Crippen LogP contribution < -0.4 is 10.6 Å². The molecule has 1 spiro atoms. The molecule has 1 amide bonds. The van der Waals surface area contributed by atoms with E-state index < -0.39 is 0 Å². The van der Waals surface area contributed by atoms with Crippen molar-refractivity contribution in [1.29, 1.82) is 0 Å². The minimum atomic E-state index is -0.249. The summed E-state index contributed by atoms with van der Waals surface area (Å²) in [5.74, 6) is -0.0238. The highest BCUT2D eigenvalue weighted by molar-refractivity contribution is 6.39. The fourth-order valence-electron chi connectivity index (χ4n) is 3.15. The predicted octanol–water partition coefficient (Wildman–Crippen LogP) is 0.944. The molecule has 5 heteroatoms. The number of nitrogens with zero attached hydrogens (tertiary/aromatic N) is 1. The molecule has 2 fully saturated rings. The van der Waals surface area contributed by atoms with Crippen molar-refractivity contribution in [2.45, 2.75) is 56.6 Å². The second-order valence-corrected chi connectivity index (χ2v) is 5.72. The Morgan fingerprint density at radius 3 is 2.94 bits per heavy atom. The first-order chi connectivity index (χ1) is 8.77. The van der Waals surface area contributed by atoms with E-state index in [2.05, 4.69) is 15.8 Å². The molecule has 1 saturated carbocycles. The van der Waals surface area contributed by atoms with Crippen LogP contribution in [-0.4, -0.2) is 36.4 Å². The Hall–Kier alpha value is -1.10. The molecule has 5 nitrogen and oxygen atoms in total. The van der Waals surface area contributed by atoms with Gasteiger partial charge in [0.05, 0.1) is 0 Å². The summed E-state index contributed by atoms with van der Waals surface area (Å²) in [5.41, 5.74) is 0.325. The molecule has 0 bridgehead atoms. The summed E-state index contributed by atoms with van der Waals surface area (Å²) in [6.45, 7) is 1.84. The molecule has 18 heavy (non-hydrogen) atoms. The summed E-state index contributed by atoms with van der Waals surface area (Å²) < 4.78 is 0. The molecule has 100 valence electrons. The Kier molecular flexibility index (Phi) is 3.24. The van der Waals surface area contributed by atoms with Crippen LogP contribution >= 0.6 is 0 Å². The van der Waals surface area contributed by atoms with Gasteiger partial charge in [0.25, 0.3) is 5.91 Å². The molecular formula is C13H21N3O2. The summed E-state index contributed by atoms with van der Waals surface area (Å²) in [5, 5.41) is 10.4. The highest BCUT2D eigenvalue weighted by Gasteiger charge is 2.42. The average molecular weight is 251 g/mol. The van der Waals surface area contributed by atoms with Crippen LogP contribution in [0.15, 0.2) is 5.16 Å². The molecule has 1 atom stereocenters. The number of amides is 1. The van der Waals surface area contributed by atoms with Gasteiger partial charge >= 0.3 is 0 Å². The van der Waals surface area contributed by atoms with Gasteiger partial charge in [0.15, 0.2) is 5.60 Å². The molecule has 0 unspecified atom stereocenters. The predicted molar refractivity (Wildman–Crippen MR) is 68.4 cm³/mol. The van der Waals surface area contributed by atoms with Gasteiger partial charge in [0.1, 0.15) is 5.71 Å². The number of piperidine rings is 1. The minimum Gasteiger partial charge on any atom is -0.387 e. The normalized spacial score (nSPS) is 32.3. The summed E-state index contributed by atoms with van der Waals surface area (Å²) in [6.07, 6.45) is 7.39. The molecule has 0 aromatic rings. The lowest BCUT2D eigenvalue weighted by molar-refractivity contribution is -0.115. The number of carbonyl (C=O) groups excluding carboxylic acids is 1. The van der Waals surface area contributed by atoms with Crippen molar-refractivity contribution < 1.29 is 9.63 Å². The van der Waals surface area contributed by atoms with Crippen LogP contribution in [0.2, 0.25) is 0 Å². The van der Waals surface area contributed by atoms with Gasteiger partial charge in [0, 0.05) is 19.0 Å². The van der Waals surface area contributed by atoms with Gasteiger partial charge in [-0.2, -0.15) is 0 Å². The third-order valence-electron chi connectivity index (χ3n) is 4.22. The van der Waals surface area contributed by atoms with Crippen LogP contribution in [0.1, 0.15) is 44.9 Å². The molecule has 1 saturated heterocycles. The second-order valence-electron chi connectivity index (χ2n) is 5.72. The Bertz CT molecular complexity index is 355. The van der Waals surface area contributed by atoms with E-state index in [1.54, 1.807) is 0 Å². The van der Waals surface area contributed by atoms with Gasteiger partial charge in [-0.3, -0.25) is 4.79 Å². The summed E-state index contributed by atoms with van der Waals surface area (Å²) >= 11 is 0. The fraction of sp³-hybridized carbons (Fsp3) is 0.846. The summed E-state index contributed by atoms with van der Waals surface area (Å²) in [4.78, 5) is 17.6. The van der Waals surface area contributed by atoms with Crippen molar-refractivity contribution in [1.82, 2.24) is 10.6 Å². The highest BCUT2D eigenvalue weighted by atomic mass is 16.7. The molecule has 3 rings (SSSR count). The van der Waals surface area contributed by atoms with Crippen LogP contribution in [0.3, 0.4) is 0 Å². The van der Waals surface area contributed by atoms with Crippen LogP contribution in [0, 0.1) is 0 Å². The van der Waals surface area contributed by atoms with E-state index in [0.717, 1.165) is 38.8 Å². The number of nitrogens with one attached hydrogen (secondary N) is 2. The zero-order valence-corrected chi connectivity index (χ0v) is 10.7. The van der Waals surface area contributed by atoms with Crippen LogP contribution in [0.25, 0.3) is 0 Å².